The van der Waals surface area contributed by atoms with E-state index in [-0.39, 0.29) is 33.8 Å². The number of hydrogen-bond donors (Lipinski definition) is 4. The topological polar surface area (TPSA) is 98.7 Å². The van der Waals surface area contributed by atoms with E-state index in [1.807, 2.05) is 0 Å². The molecule has 1 unspecified atom stereocenters. The highest BCUT2D eigenvalue weighted by molar-refractivity contribution is 6.44. The van der Waals surface area contributed by atoms with Crippen LogP contribution >= 0.6 is 34.8 Å². The molecule has 4 N–H and O–H groups in total. The number of halogens is 3. The van der Waals surface area contributed by atoms with E-state index in [2.05, 4.69) is 10.6 Å². The number of carbonyl (C=O) groups is 2. The maximum atomic E-state index is 11.6. The Balaban J connectivity index is 2.75. The van der Waals surface area contributed by atoms with E-state index in [0.717, 1.165) is 0 Å². The summed E-state index contributed by atoms with van der Waals surface area (Å²) >= 11 is 17.4. The van der Waals surface area contributed by atoms with Crippen LogP contribution in [-0.2, 0) is 4.79 Å². The first-order valence-electron chi connectivity index (χ1n) is 5.41. The summed E-state index contributed by atoms with van der Waals surface area (Å²) in [4.78, 5) is 22.5. The van der Waals surface area contributed by atoms with Crippen molar-refractivity contribution in [3.8, 4) is 0 Å². The maximum Gasteiger partial charge on any atom is 0.326 e. The van der Waals surface area contributed by atoms with Crippen LogP contribution in [0.25, 0.3) is 0 Å². The number of hydrogen-bond acceptors (Lipinski definition) is 3. The van der Waals surface area contributed by atoms with Crippen molar-refractivity contribution < 1.29 is 19.8 Å². The summed E-state index contributed by atoms with van der Waals surface area (Å²) in [7, 11) is 0. The van der Waals surface area contributed by atoms with Crippen LogP contribution < -0.4 is 10.6 Å². The van der Waals surface area contributed by atoms with Crippen molar-refractivity contribution in [3.63, 3.8) is 0 Å². The molecule has 1 atom stereocenters. The summed E-state index contributed by atoms with van der Waals surface area (Å²) in [6.07, 6.45) is -0.113. The van der Waals surface area contributed by atoms with Crippen molar-refractivity contribution >= 4 is 52.5 Å². The second-order valence-electron chi connectivity index (χ2n) is 3.75. The third-order valence-corrected chi connectivity index (χ3v) is 3.31. The Morgan fingerprint density at radius 1 is 1.15 bits per heavy atom. The number of anilines is 1. The Morgan fingerprint density at radius 3 is 2.30 bits per heavy atom. The van der Waals surface area contributed by atoms with Gasteiger partial charge in [-0.15, -0.1) is 0 Å². The largest absolute Gasteiger partial charge is 0.480 e. The van der Waals surface area contributed by atoms with E-state index < -0.39 is 18.0 Å². The summed E-state index contributed by atoms with van der Waals surface area (Å²) in [6, 6.07) is 0.699. The second kappa shape index (κ2) is 7.54. The van der Waals surface area contributed by atoms with Crippen LogP contribution in [0, 0.1) is 0 Å². The minimum atomic E-state index is -1.26. The molecule has 20 heavy (non-hydrogen) atoms. The Bertz CT molecular complexity index is 525. The highest BCUT2D eigenvalue weighted by Gasteiger charge is 2.19. The van der Waals surface area contributed by atoms with Gasteiger partial charge in [0.15, 0.2) is 0 Å². The van der Waals surface area contributed by atoms with Crippen molar-refractivity contribution in [2.75, 3.05) is 11.9 Å². The molecular weight excluding hydrogens is 330 g/mol. The highest BCUT2D eigenvalue weighted by atomic mass is 35.5. The Morgan fingerprint density at radius 2 is 1.75 bits per heavy atom. The third kappa shape index (κ3) is 4.72. The number of benzene rings is 1. The monoisotopic (exact) mass is 340 g/mol. The van der Waals surface area contributed by atoms with Gasteiger partial charge in [0.05, 0.1) is 20.8 Å². The molecule has 0 bridgehead atoms. The second-order valence-corrected chi connectivity index (χ2v) is 4.97. The van der Waals surface area contributed by atoms with E-state index in [4.69, 9.17) is 45.0 Å². The SMILES string of the molecule is O=C(Nc1cc(Cl)c(Cl)cc1Cl)NC(CCO)C(=O)O. The molecule has 110 valence electrons. The molecule has 2 amide bonds. The minimum absolute atomic E-state index is 0.113. The fourth-order valence-electron chi connectivity index (χ4n) is 1.32. The maximum absolute atomic E-state index is 11.6. The van der Waals surface area contributed by atoms with E-state index in [1.54, 1.807) is 0 Å². The number of aliphatic hydroxyl groups is 1. The molecule has 0 saturated heterocycles. The van der Waals surface area contributed by atoms with Crippen LogP contribution in [0.1, 0.15) is 6.42 Å². The number of nitrogens with one attached hydrogen (secondary N) is 2. The van der Waals surface area contributed by atoms with Gasteiger partial charge in [-0.3, -0.25) is 0 Å². The first-order chi connectivity index (χ1) is 9.35. The van der Waals surface area contributed by atoms with Gasteiger partial charge in [0.25, 0.3) is 0 Å². The molecule has 6 nitrogen and oxygen atoms in total. The average molecular weight is 342 g/mol. The first kappa shape index (κ1) is 16.8. The molecule has 0 aliphatic rings. The van der Waals surface area contributed by atoms with E-state index >= 15 is 0 Å². The third-order valence-electron chi connectivity index (χ3n) is 2.28. The molecule has 0 heterocycles. The van der Waals surface area contributed by atoms with Crippen molar-refractivity contribution in [2.24, 2.45) is 0 Å². The smallest absolute Gasteiger partial charge is 0.326 e. The van der Waals surface area contributed by atoms with Gasteiger partial charge in [-0.05, 0) is 12.1 Å². The summed E-state index contributed by atoms with van der Waals surface area (Å²) in [5.41, 5.74) is 0.187. The fourth-order valence-corrected chi connectivity index (χ4v) is 1.92. The molecule has 1 rings (SSSR count). The molecule has 1 aromatic carbocycles. The molecule has 0 aromatic heterocycles. The Kier molecular flexibility index (Phi) is 6.35. The van der Waals surface area contributed by atoms with Gasteiger partial charge in [-0.25, -0.2) is 9.59 Å². The van der Waals surface area contributed by atoms with Gasteiger partial charge in [0.1, 0.15) is 6.04 Å². The summed E-state index contributed by atoms with van der Waals surface area (Å²) in [6.45, 7) is -0.370. The lowest BCUT2D eigenvalue weighted by Gasteiger charge is -2.15. The van der Waals surface area contributed by atoms with Gasteiger partial charge in [0, 0.05) is 13.0 Å². The number of urea groups is 1. The molecular formula is C11H11Cl3N2O4. The van der Waals surface area contributed by atoms with Gasteiger partial charge in [-0.2, -0.15) is 0 Å². The Hall–Kier alpha value is -1.21. The molecule has 9 heteroatoms. The zero-order chi connectivity index (χ0) is 15.3. The number of amides is 2. The van der Waals surface area contributed by atoms with E-state index in [9.17, 15) is 9.59 Å². The summed E-state index contributed by atoms with van der Waals surface area (Å²) in [5, 5.41) is 22.7. The quantitative estimate of drug-likeness (QED) is 0.619. The summed E-state index contributed by atoms with van der Waals surface area (Å²) in [5.74, 6) is -1.26. The normalized spacial score (nSPS) is 11.8. The van der Waals surface area contributed by atoms with Crippen LogP contribution in [0.4, 0.5) is 10.5 Å². The first-order valence-corrected chi connectivity index (χ1v) is 6.54. The van der Waals surface area contributed by atoms with Crippen molar-refractivity contribution in [3.05, 3.63) is 27.2 Å². The molecule has 0 fully saturated rings. The fraction of sp³-hybridized carbons (Fsp3) is 0.273. The number of rotatable bonds is 5. The van der Waals surface area contributed by atoms with Crippen LogP contribution in [-0.4, -0.2) is 34.9 Å². The van der Waals surface area contributed by atoms with Crippen LogP contribution in [0.5, 0.6) is 0 Å². The van der Waals surface area contributed by atoms with Gasteiger partial charge >= 0.3 is 12.0 Å². The number of aliphatic hydroxyl groups excluding tert-OH is 1. The zero-order valence-electron chi connectivity index (χ0n) is 9.99. The lowest BCUT2D eigenvalue weighted by atomic mass is 10.2. The number of carboxylic acids is 1. The van der Waals surface area contributed by atoms with Gasteiger partial charge in [-0.1, -0.05) is 34.8 Å². The van der Waals surface area contributed by atoms with Gasteiger partial charge < -0.3 is 20.8 Å². The predicted octanol–water partition coefficient (Wildman–Crippen LogP) is 2.60. The van der Waals surface area contributed by atoms with Gasteiger partial charge in [0.2, 0.25) is 0 Å². The van der Waals surface area contributed by atoms with Crippen molar-refractivity contribution in [2.45, 2.75) is 12.5 Å². The molecule has 0 aliphatic heterocycles. The zero-order valence-corrected chi connectivity index (χ0v) is 12.3. The minimum Gasteiger partial charge on any atom is -0.480 e. The molecule has 1 aromatic rings. The lowest BCUT2D eigenvalue weighted by molar-refractivity contribution is -0.139. The van der Waals surface area contributed by atoms with Crippen LogP contribution in [0.2, 0.25) is 15.1 Å². The van der Waals surface area contributed by atoms with E-state index in [0.29, 0.717) is 0 Å². The predicted molar refractivity (Wildman–Crippen MR) is 76.8 cm³/mol. The molecule has 0 spiro atoms. The van der Waals surface area contributed by atoms with Crippen molar-refractivity contribution in [1.82, 2.24) is 5.32 Å². The van der Waals surface area contributed by atoms with E-state index in [1.165, 1.54) is 12.1 Å². The highest BCUT2D eigenvalue weighted by Crippen LogP contribution is 2.32. The number of carboxylic acid groups (broad SMARTS) is 1. The summed E-state index contributed by atoms with van der Waals surface area (Å²) < 4.78 is 0. The standard InChI is InChI=1S/C11H11Cl3N2O4/c12-5-3-7(14)9(4-6(5)13)16-11(20)15-8(1-2-17)10(18)19/h3-4,8,17H,1-2H2,(H,18,19)(H2,15,16,20). The molecule has 0 radical (unpaired) electrons. The van der Waals surface area contributed by atoms with Crippen LogP contribution in [0.15, 0.2) is 12.1 Å². The number of aliphatic carboxylic acids is 1. The Labute approximate surface area is 129 Å². The number of carbonyl (C=O) groups excluding carboxylic acids is 1. The van der Waals surface area contributed by atoms with Crippen molar-refractivity contribution in [1.29, 1.82) is 0 Å². The van der Waals surface area contributed by atoms with Crippen LogP contribution in [0.3, 0.4) is 0 Å². The molecule has 0 saturated carbocycles. The lowest BCUT2D eigenvalue weighted by Crippen LogP contribution is -2.43. The average Bonchev–Trinajstić information content (AvgIpc) is 2.35. The molecule has 0 aliphatic carbocycles.